The number of halogens is 1. The summed E-state index contributed by atoms with van der Waals surface area (Å²) < 4.78 is 6.10. The van der Waals surface area contributed by atoms with Crippen molar-refractivity contribution >= 4 is 23.3 Å². The fourth-order valence-electron chi connectivity index (χ4n) is 4.13. The molecule has 3 rings (SSSR count). The minimum Gasteiger partial charge on any atom is -0.388 e. The van der Waals surface area contributed by atoms with E-state index in [1.807, 2.05) is 38.1 Å². The van der Waals surface area contributed by atoms with Crippen molar-refractivity contribution in [1.29, 1.82) is 0 Å². The SMILES string of the molecule is CN(C)CC(=O)N[C@@]1(C)CCOC2(CCN(c3ccc(Cl)cn3)CC2)[C@@H]1O. The molecule has 3 heterocycles. The van der Waals surface area contributed by atoms with Gasteiger partial charge in [-0.05, 0) is 52.4 Å². The highest BCUT2D eigenvalue weighted by Crippen LogP contribution is 2.40. The Morgan fingerprint density at radius 3 is 2.70 bits per heavy atom. The first-order valence-corrected chi connectivity index (χ1v) is 9.76. The van der Waals surface area contributed by atoms with Crippen LogP contribution in [0.3, 0.4) is 0 Å². The molecule has 0 aromatic carbocycles. The van der Waals surface area contributed by atoms with Gasteiger partial charge in [-0.25, -0.2) is 4.98 Å². The van der Waals surface area contributed by atoms with E-state index in [1.54, 1.807) is 6.20 Å². The van der Waals surface area contributed by atoms with Gasteiger partial charge in [-0.15, -0.1) is 0 Å². The number of aliphatic hydroxyl groups excluding tert-OH is 1. The van der Waals surface area contributed by atoms with Crippen LogP contribution in [0.5, 0.6) is 0 Å². The zero-order valence-corrected chi connectivity index (χ0v) is 17.0. The predicted molar refractivity (Wildman–Crippen MR) is 105 cm³/mol. The standard InChI is InChI=1S/C19H29ClN4O3/c1-18(22-16(25)13-23(2)3)8-11-27-19(17(18)26)6-9-24(10-7-19)15-5-4-14(20)12-21-15/h4-5,12,17,26H,6-11,13H2,1-3H3,(H,22,25)/t17-,18+/m1/s1. The molecule has 2 aliphatic heterocycles. The Hall–Kier alpha value is -1.41. The number of carbonyl (C=O) groups is 1. The van der Waals surface area contributed by atoms with E-state index >= 15 is 0 Å². The summed E-state index contributed by atoms with van der Waals surface area (Å²) in [6.07, 6.45) is 2.84. The summed E-state index contributed by atoms with van der Waals surface area (Å²) in [4.78, 5) is 20.6. The van der Waals surface area contributed by atoms with Crippen LogP contribution in [0.2, 0.25) is 5.02 Å². The van der Waals surface area contributed by atoms with E-state index in [2.05, 4.69) is 15.2 Å². The van der Waals surface area contributed by atoms with Crippen LogP contribution in [-0.4, -0.2) is 78.5 Å². The van der Waals surface area contributed by atoms with Crippen molar-refractivity contribution in [3.8, 4) is 0 Å². The van der Waals surface area contributed by atoms with Crippen LogP contribution in [0.4, 0.5) is 5.82 Å². The molecule has 150 valence electrons. The molecule has 2 fully saturated rings. The Morgan fingerprint density at radius 1 is 1.41 bits per heavy atom. The van der Waals surface area contributed by atoms with Gasteiger partial charge in [0.1, 0.15) is 11.9 Å². The van der Waals surface area contributed by atoms with Gasteiger partial charge in [0.05, 0.1) is 22.7 Å². The van der Waals surface area contributed by atoms with Crippen molar-refractivity contribution in [2.24, 2.45) is 0 Å². The van der Waals surface area contributed by atoms with Crippen LogP contribution in [0.15, 0.2) is 18.3 Å². The van der Waals surface area contributed by atoms with Crippen molar-refractivity contribution in [2.45, 2.75) is 43.4 Å². The van der Waals surface area contributed by atoms with Gasteiger partial charge in [-0.1, -0.05) is 11.6 Å². The van der Waals surface area contributed by atoms with Gasteiger partial charge in [0, 0.05) is 25.9 Å². The van der Waals surface area contributed by atoms with Crippen molar-refractivity contribution in [2.75, 3.05) is 45.2 Å². The van der Waals surface area contributed by atoms with Crippen molar-refractivity contribution in [1.82, 2.24) is 15.2 Å². The molecule has 8 heteroatoms. The maximum absolute atomic E-state index is 12.3. The summed E-state index contributed by atoms with van der Waals surface area (Å²) in [5.41, 5.74) is -1.33. The summed E-state index contributed by atoms with van der Waals surface area (Å²) in [5, 5.41) is 14.8. The first kappa shape index (κ1) is 20.3. The number of rotatable bonds is 4. The quantitative estimate of drug-likeness (QED) is 0.798. The smallest absolute Gasteiger partial charge is 0.234 e. The molecular weight excluding hydrogens is 368 g/mol. The minimum absolute atomic E-state index is 0.0820. The molecule has 2 saturated heterocycles. The monoisotopic (exact) mass is 396 g/mol. The Morgan fingerprint density at radius 2 is 2.11 bits per heavy atom. The van der Waals surface area contributed by atoms with Crippen LogP contribution in [0.25, 0.3) is 0 Å². The molecule has 2 N–H and O–H groups in total. The number of nitrogens with one attached hydrogen (secondary N) is 1. The third kappa shape index (κ3) is 4.37. The largest absolute Gasteiger partial charge is 0.388 e. The van der Waals surface area contributed by atoms with Gasteiger partial charge in [0.25, 0.3) is 0 Å². The molecule has 7 nitrogen and oxygen atoms in total. The first-order valence-electron chi connectivity index (χ1n) is 9.38. The summed E-state index contributed by atoms with van der Waals surface area (Å²) in [6.45, 7) is 4.20. The zero-order valence-electron chi connectivity index (χ0n) is 16.2. The normalized spacial score (nSPS) is 27.8. The Kier molecular flexibility index (Phi) is 5.96. The molecular formula is C19H29ClN4O3. The van der Waals surface area contributed by atoms with E-state index < -0.39 is 17.2 Å². The summed E-state index contributed by atoms with van der Waals surface area (Å²) in [7, 11) is 3.70. The Bertz CT molecular complexity index is 661. The van der Waals surface area contributed by atoms with Crippen LogP contribution in [0.1, 0.15) is 26.2 Å². The second kappa shape index (κ2) is 7.91. The number of anilines is 1. The molecule has 2 atom stereocenters. The lowest BCUT2D eigenvalue weighted by atomic mass is 9.73. The summed E-state index contributed by atoms with van der Waals surface area (Å²) in [5.74, 6) is 0.794. The third-order valence-electron chi connectivity index (χ3n) is 5.64. The second-order valence-corrected chi connectivity index (χ2v) is 8.53. The molecule has 0 unspecified atom stereocenters. The van der Waals surface area contributed by atoms with E-state index in [0.29, 0.717) is 37.4 Å². The van der Waals surface area contributed by atoms with Crippen LogP contribution in [0, 0.1) is 0 Å². The number of amides is 1. The van der Waals surface area contributed by atoms with Crippen LogP contribution < -0.4 is 10.2 Å². The molecule has 0 saturated carbocycles. The molecule has 1 aromatic heterocycles. The fourth-order valence-corrected chi connectivity index (χ4v) is 4.24. The average molecular weight is 397 g/mol. The molecule has 1 aromatic rings. The number of hydrogen-bond acceptors (Lipinski definition) is 6. The predicted octanol–water partition coefficient (Wildman–Crippen LogP) is 1.29. The summed E-state index contributed by atoms with van der Waals surface area (Å²) in [6, 6.07) is 3.74. The van der Waals surface area contributed by atoms with Gasteiger partial charge >= 0.3 is 0 Å². The summed E-state index contributed by atoms with van der Waals surface area (Å²) >= 11 is 5.92. The Balaban J connectivity index is 1.67. The van der Waals surface area contributed by atoms with Crippen molar-refractivity contribution in [3.63, 3.8) is 0 Å². The molecule has 2 aliphatic rings. The highest BCUT2D eigenvalue weighted by Gasteiger charge is 2.53. The van der Waals surface area contributed by atoms with E-state index in [4.69, 9.17) is 16.3 Å². The van der Waals surface area contributed by atoms with Gasteiger partial charge in [-0.3, -0.25) is 4.79 Å². The highest BCUT2D eigenvalue weighted by molar-refractivity contribution is 6.30. The lowest BCUT2D eigenvalue weighted by Crippen LogP contribution is -2.69. The highest BCUT2D eigenvalue weighted by atomic mass is 35.5. The van der Waals surface area contributed by atoms with Gasteiger partial charge in [-0.2, -0.15) is 0 Å². The Labute approximate surface area is 165 Å². The molecule has 0 aliphatic carbocycles. The number of piperidine rings is 1. The second-order valence-electron chi connectivity index (χ2n) is 8.09. The van der Waals surface area contributed by atoms with E-state index in [-0.39, 0.29) is 5.91 Å². The number of hydrogen-bond donors (Lipinski definition) is 2. The van der Waals surface area contributed by atoms with E-state index in [1.165, 1.54) is 0 Å². The topological polar surface area (TPSA) is 77.9 Å². The number of aromatic nitrogens is 1. The van der Waals surface area contributed by atoms with E-state index in [0.717, 1.165) is 18.9 Å². The number of nitrogens with zero attached hydrogens (tertiary/aromatic N) is 3. The lowest BCUT2D eigenvalue weighted by molar-refractivity contribution is -0.198. The van der Waals surface area contributed by atoms with Crippen molar-refractivity contribution < 1.29 is 14.6 Å². The van der Waals surface area contributed by atoms with E-state index in [9.17, 15) is 9.90 Å². The number of carbonyl (C=O) groups excluding carboxylic acids is 1. The van der Waals surface area contributed by atoms with Crippen LogP contribution in [-0.2, 0) is 9.53 Å². The molecule has 27 heavy (non-hydrogen) atoms. The van der Waals surface area contributed by atoms with Crippen LogP contribution >= 0.6 is 11.6 Å². The van der Waals surface area contributed by atoms with Gasteiger partial charge < -0.3 is 25.0 Å². The van der Waals surface area contributed by atoms with Crippen molar-refractivity contribution in [3.05, 3.63) is 23.4 Å². The average Bonchev–Trinajstić information content (AvgIpc) is 2.60. The zero-order chi connectivity index (χ0) is 19.7. The molecule has 1 spiro atoms. The van der Waals surface area contributed by atoms with Gasteiger partial charge in [0.15, 0.2) is 0 Å². The maximum Gasteiger partial charge on any atom is 0.234 e. The maximum atomic E-state index is 12.3. The number of pyridine rings is 1. The molecule has 1 amide bonds. The lowest BCUT2D eigenvalue weighted by Gasteiger charge is -2.53. The number of ether oxygens (including phenoxy) is 1. The van der Waals surface area contributed by atoms with Gasteiger partial charge in [0.2, 0.25) is 5.91 Å². The third-order valence-corrected chi connectivity index (χ3v) is 5.87. The molecule has 0 bridgehead atoms. The fraction of sp³-hybridized carbons (Fsp3) is 0.684. The number of aliphatic hydroxyl groups is 1. The molecule has 0 radical (unpaired) electrons. The first-order chi connectivity index (χ1) is 12.7. The number of likely N-dealkylation sites (N-methyl/N-ethyl adjacent to an activating group) is 1. The minimum atomic E-state index is -0.759.